The third kappa shape index (κ3) is 5.38. The highest BCUT2D eigenvalue weighted by molar-refractivity contribution is 5.82. The summed E-state index contributed by atoms with van der Waals surface area (Å²) in [5, 5.41) is 0. The zero-order valence-corrected chi connectivity index (χ0v) is 18.2. The highest BCUT2D eigenvalue weighted by atomic mass is 16.5. The Kier molecular flexibility index (Phi) is 7.10. The standard InChI is InChI=1S/C24H33N3O4/c28-22(11-17-31-21-9-2-1-3-10-21)27-12-5-8-20(18-27)24(30)26-15-13-25(14-16-26)23(29)19-6-4-7-19/h1-3,9-10,19-20H,4-8,11-18H2. The van der Waals surface area contributed by atoms with Crippen LogP contribution in [0.1, 0.15) is 38.5 Å². The summed E-state index contributed by atoms with van der Waals surface area (Å²) in [4.78, 5) is 43.7. The minimum atomic E-state index is -0.137. The van der Waals surface area contributed by atoms with Crippen LogP contribution in [0.15, 0.2) is 30.3 Å². The summed E-state index contributed by atoms with van der Waals surface area (Å²) in [7, 11) is 0. The van der Waals surface area contributed by atoms with Crippen molar-refractivity contribution in [3.05, 3.63) is 30.3 Å². The van der Waals surface area contributed by atoms with Gasteiger partial charge in [0.1, 0.15) is 5.75 Å². The molecule has 7 heteroatoms. The van der Waals surface area contributed by atoms with Crippen molar-refractivity contribution in [1.29, 1.82) is 0 Å². The number of benzene rings is 1. The molecule has 4 rings (SSSR count). The Hall–Kier alpha value is -2.57. The summed E-state index contributed by atoms with van der Waals surface area (Å²) in [5.41, 5.74) is 0. The van der Waals surface area contributed by atoms with E-state index in [9.17, 15) is 14.4 Å². The van der Waals surface area contributed by atoms with Gasteiger partial charge in [-0.2, -0.15) is 0 Å². The maximum Gasteiger partial charge on any atom is 0.227 e. The molecule has 31 heavy (non-hydrogen) atoms. The molecule has 0 radical (unpaired) electrons. The third-order valence-electron chi connectivity index (χ3n) is 6.81. The van der Waals surface area contributed by atoms with Gasteiger partial charge in [-0.25, -0.2) is 0 Å². The van der Waals surface area contributed by atoms with E-state index >= 15 is 0 Å². The lowest BCUT2D eigenvalue weighted by Gasteiger charge is -2.40. The molecule has 7 nitrogen and oxygen atoms in total. The minimum absolute atomic E-state index is 0.0457. The summed E-state index contributed by atoms with van der Waals surface area (Å²) in [6.45, 7) is 4.01. The van der Waals surface area contributed by atoms with Gasteiger partial charge in [0.15, 0.2) is 0 Å². The number of ether oxygens (including phenoxy) is 1. The first-order valence-electron chi connectivity index (χ1n) is 11.6. The number of piperidine rings is 1. The molecular weight excluding hydrogens is 394 g/mol. The van der Waals surface area contributed by atoms with Crippen LogP contribution in [0.25, 0.3) is 0 Å². The van der Waals surface area contributed by atoms with Crippen molar-refractivity contribution in [3.63, 3.8) is 0 Å². The number of rotatable bonds is 6. The van der Waals surface area contributed by atoms with Crippen LogP contribution in [0.5, 0.6) is 5.75 Å². The molecule has 1 aromatic rings. The number of piperazine rings is 1. The molecule has 1 atom stereocenters. The van der Waals surface area contributed by atoms with Gasteiger partial charge in [-0.15, -0.1) is 0 Å². The highest BCUT2D eigenvalue weighted by Crippen LogP contribution is 2.29. The lowest BCUT2D eigenvalue weighted by molar-refractivity contribution is -0.147. The van der Waals surface area contributed by atoms with Gasteiger partial charge in [0.25, 0.3) is 0 Å². The number of carbonyl (C=O) groups excluding carboxylic acids is 3. The Morgan fingerprint density at radius 2 is 1.39 bits per heavy atom. The van der Waals surface area contributed by atoms with E-state index in [0.717, 1.165) is 37.9 Å². The fourth-order valence-corrected chi connectivity index (χ4v) is 4.66. The number of amides is 3. The summed E-state index contributed by atoms with van der Waals surface area (Å²) >= 11 is 0. The van der Waals surface area contributed by atoms with Crippen molar-refractivity contribution >= 4 is 17.7 Å². The van der Waals surface area contributed by atoms with Gasteiger partial charge in [-0.1, -0.05) is 24.6 Å². The Morgan fingerprint density at radius 1 is 0.774 bits per heavy atom. The van der Waals surface area contributed by atoms with E-state index in [1.165, 1.54) is 0 Å². The van der Waals surface area contributed by atoms with Crippen molar-refractivity contribution in [1.82, 2.24) is 14.7 Å². The number of nitrogens with zero attached hydrogens (tertiary/aromatic N) is 3. The van der Waals surface area contributed by atoms with Crippen LogP contribution in [0.2, 0.25) is 0 Å². The van der Waals surface area contributed by atoms with Gasteiger partial charge in [-0.3, -0.25) is 14.4 Å². The molecule has 1 saturated carbocycles. The Balaban J connectivity index is 1.21. The van der Waals surface area contributed by atoms with Gasteiger partial charge in [0.2, 0.25) is 17.7 Å². The van der Waals surface area contributed by atoms with Crippen molar-refractivity contribution in [2.45, 2.75) is 38.5 Å². The monoisotopic (exact) mass is 427 g/mol. The second-order valence-electron chi connectivity index (χ2n) is 8.87. The molecule has 1 aliphatic carbocycles. The zero-order chi connectivity index (χ0) is 21.6. The summed E-state index contributed by atoms with van der Waals surface area (Å²) in [6, 6.07) is 9.48. The topological polar surface area (TPSA) is 70.2 Å². The first-order valence-corrected chi connectivity index (χ1v) is 11.6. The van der Waals surface area contributed by atoms with Crippen molar-refractivity contribution in [3.8, 4) is 5.75 Å². The number of carbonyl (C=O) groups is 3. The van der Waals surface area contributed by atoms with Gasteiger partial charge in [-0.05, 0) is 37.8 Å². The lowest BCUT2D eigenvalue weighted by Crippen LogP contribution is -2.55. The van der Waals surface area contributed by atoms with E-state index in [-0.39, 0.29) is 29.6 Å². The molecule has 2 saturated heterocycles. The smallest absolute Gasteiger partial charge is 0.227 e. The normalized spacial score (nSPS) is 22.1. The van der Waals surface area contributed by atoms with Crippen LogP contribution in [0, 0.1) is 11.8 Å². The molecule has 3 amide bonds. The predicted octanol–water partition coefficient (Wildman–Crippen LogP) is 2.17. The number of likely N-dealkylation sites (tertiary alicyclic amines) is 1. The van der Waals surface area contributed by atoms with Gasteiger partial charge in [0.05, 0.1) is 18.9 Å². The van der Waals surface area contributed by atoms with Crippen LogP contribution in [0.4, 0.5) is 0 Å². The van der Waals surface area contributed by atoms with Gasteiger partial charge < -0.3 is 19.4 Å². The van der Waals surface area contributed by atoms with Crippen LogP contribution >= 0.6 is 0 Å². The summed E-state index contributed by atoms with van der Waals surface area (Å²) in [5.74, 6) is 1.29. The molecule has 0 aromatic heterocycles. The van der Waals surface area contributed by atoms with Crippen LogP contribution in [-0.4, -0.2) is 78.3 Å². The number of para-hydroxylation sites is 1. The van der Waals surface area contributed by atoms with E-state index in [1.54, 1.807) is 0 Å². The Bertz CT molecular complexity index is 772. The van der Waals surface area contributed by atoms with Crippen molar-refractivity contribution in [2.75, 3.05) is 45.9 Å². The zero-order valence-electron chi connectivity index (χ0n) is 18.2. The SMILES string of the molecule is O=C(CCOc1ccccc1)N1CCCC(C(=O)N2CCN(C(=O)C3CCC3)CC2)C1. The summed E-state index contributed by atoms with van der Waals surface area (Å²) in [6.07, 6.45) is 5.18. The maximum absolute atomic E-state index is 13.1. The van der Waals surface area contributed by atoms with Crippen molar-refractivity contribution in [2.24, 2.45) is 11.8 Å². The largest absolute Gasteiger partial charge is 0.493 e. The number of hydrogen-bond acceptors (Lipinski definition) is 4. The average molecular weight is 428 g/mol. The van der Waals surface area contributed by atoms with Crippen molar-refractivity contribution < 1.29 is 19.1 Å². The van der Waals surface area contributed by atoms with E-state index in [4.69, 9.17) is 4.74 Å². The van der Waals surface area contributed by atoms with E-state index in [1.807, 2.05) is 45.0 Å². The van der Waals surface area contributed by atoms with Crippen LogP contribution in [-0.2, 0) is 14.4 Å². The Labute approximate surface area is 184 Å². The Morgan fingerprint density at radius 3 is 2.00 bits per heavy atom. The molecule has 1 unspecified atom stereocenters. The lowest BCUT2D eigenvalue weighted by atomic mass is 9.84. The molecular formula is C24H33N3O4. The van der Waals surface area contributed by atoms with Crippen LogP contribution in [0.3, 0.4) is 0 Å². The van der Waals surface area contributed by atoms with E-state index in [0.29, 0.717) is 52.3 Å². The quantitative estimate of drug-likeness (QED) is 0.698. The third-order valence-corrected chi connectivity index (χ3v) is 6.81. The second-order valence-corrected chi connectivity index (χ2v) is 8.87. The first-order chi connectivity index (χ1) is 15.1. The molecule has 2 heterocycles. The minimum Gasteiger partial charge on any atom is -0.493 e. The average Bonchev–Trinajstić information content (AvgIpc) is 2.78. The predicted molar refractivity (Wildman–Crippen MR) is 116 cm³/mol. The van der Waals surface area contributed by atoms with Crippen LogP contribution < -0.4 is 4.74 Å². The van der Waals surface area contributed by atoms with Gasteiger partial charge in [0, 0.05) is 45.2 Å². The second kappa shape index (κ2) is 10.2. The fourth-order valence-electron chi connectivity index (χ4n) is 4.66. The van der Waals surface area contributed by atoms with E-state index in [2.05, 4.69) is 0 Å². The fraction of sp³-hybridized carbons (Fsp3) is 0.625. The first kappa shape index (κ1) is 21.7. The van der Waals surface area contributed by atoms with Gasteiger partial charge >= 0.3 is 0 Å². The molecule has 1 aromatic carbocycles. The molecule has 168 valence electrons. The van der Waals surface area contributed by atoms with E-state index < -0.39 is 0 Å². The molecule has 3 aliphatic rings. The molecule has 2 aliphatic heterocycles. The molecule has 0 bridgehead atoms. The maximum atomic E-state index is 13.1. The molecule has 0 spiro atoms. The summed E-state index contributed by atoms with van der Waals surface area (Å²) < 4.78 is 5.64. The highest BCUT2D eigenvalue weighted by Gasteiger charge is 2.35. The molecule has 3 fully saturated rings. The molecule has 0 N–H and O–H groups in total. The number of hydrogen-bond donors (Lipinski definition) is 0.